The number of hydrogen-bond donors (Lipinski definition) is 0. The molecule has 19 heavy (non-hydrogen) atoms. The van der Waals surface area contributed by atoms with Crippen molar-refractivity contribution in [2.75, 3.05) is 14.1 Å². The Kier molecular flexibility index (Phi) is 3.92. The van der Waals surface area contributed by atoms with E-state index in [1.807, 2.05) is 37.4 Å². The van der Waals surface area contributed by atoms with Gasteiger partial charge in [-0.05, 0) is 32.6 Å². The molecule has 5 nitrogen and oxygen atoms in total. The summed E-state index contributed by atoms with van der Waals surface area (Å²) in [5, 5.41) is 13.7. The first-order valence-corrected chi connectivity index (χ1v) is 6.70. The first-order valence-electron chi connectivity index (χ1n) is 5.82. The van der Waals surface area contributed by atoms with Crippen LogP contribution in [0.1, 0.15) is 11.3 Å². The van der Waals surface area contributed by atoms with E-state index in [9.17, 15) is 10.1 Å². The van der Waals surface area contributed by atoms with Crippen LogP contribution in [-0.2, 0) is 6.54 Å². The average Bonchev–Trinajstić information content (AvgIpc) is 2.76. The van der Waals surface area contributed by atoms with Crippen LogP contribution < -0.4 is 0 Å². The Labute approximate surface area is 115 Å². The van der Waals surface area contributed by atoms with Crippen molar-refractivity contribution in [3.63, 3.8) is 0 Å². The van der Waals surface area contributed by atoms with Crippen molar-refractivity contribution < 1.29 is 4.92 Å². The molecule has 6 heteroatoms. The summed E-state index contributed by atoms with van der Waals surface area (Å²) in [4.78, 5) is 17.2. The Bertz CT molecular complexity index is 608. The highest BCUT2D eigenvalue weighted by molar-refractivity contribution is 7.13. The van der Waals surface area contributed by atoms with Gasteiger partial charge >= 0.3 is 0 Å². The molecule has 0 aliphatic carbocycles. The second kappa shape index (κ2) is 5.46. The van der Waals surface area contributed by atoms with Gasteiger partial charge < -0.3 is 4.90 Å². The lowest BCUT2D eigenvalue weighted by Crippen LogP contribution is -2.10. The molecule has 0 unspecified atom stereocenters. The van der Waals surface area contributed by atoms with Crippen LogP contribution in [0.5, 0.6) is 0 Å². The molecular formula is C13H15N3O2S. The summed E-state index contributed by atoms with van der Waals surface area (Å²) in [6.45, 7) is 2.58. The first-order chi connectivity index (χ1) is 8.97. The van der Waals surface area contributed by atoms with Gasteiger partial charge in [0.25, 0.3) is 5.69 Å². The van der Waals surface area contributed by atoms with Crippen LogP contribution in [0.25, 0.3) is 10.6 Å². The number of nitro groups is 1. The molecule has 2 aromatic rings. The van der Waals surface area contributed by atoms with Crippen molar-refractivity contribution in [3.8, 4) is 10.6 Å². The fraction of sp³-hybridized carbons (Fsp3) is 0.308. The SMILES string of the molecule is Cc1ccc(-c2nc(CN(C)C)cs2)c([N+](=O)[O-])c1. The van der Waals surface area contributed by atoms with Crippen molar-refractivity contribution in [2.24, 2.45) is 0 Å². The lowest BCUT2D eigenvalue weighted by atomic mass is 10.1. The van der Waals surface area contributed by atoms with E-state index in [1.165, 1.54) is 11.3 Å². The number of rotatable bonds is 4. The number of hydrogen-bond acceptors (Lipinski definition) is 5. The number of benzene rings is 1. The van der Waals surface area contributed by atoms with Gasteiger partial charge in [-0.3, -0.25) is 10.1 Å². The third-order valence-electron chi connectivity index (χ3n) is 2.61. The van der Waals surface area contributed by atoms with Crippen molar-refractivity contribution in [3.05, 3.63) is 45.0 Å². The van der Waals surface area contributed by atoms with Crippen LogP contribution in [0.3, 0.4) is 0 Å². The van der Waals surface area contributed by atoms with Gasteiger partial charge in [-0.25, -0.2) is 4.98 Å². The molecule has 0 fully saturated rings. The fourth-order valence-electron chi connectivity index (χ4n) is 1.80. The minimum Gasteiger partial charge on any atom is -0.304 e. The van der Waals surface area contributed by atoms with Gasteiger partial charge in [-0.2, -0.15) is 0 Å². The monoisotopic (exact) mass is 277 g/mol. The second-order valence-corrected chi connectivity index (χ2v) is 5.52. The highest BCUT2D eigenvalue weighted by Gasteiger charge is 2.18. The Morgan fingerprint density at radius 2 is 2.16 bits per heavy atom. The molecule has 0 atom stereocenters. The van der Waals surface area contributed by atoms with Crippen molar-refractivity contribution in [1.29, 1.82) is 0 Å². The summed E-state index contributed by atoms with van der Waals surface area (Å²) in [6.07, 6.45) is 0. The topological polar surface area (TPSA) is 59.3 Å². The summed E-state index contributed by atoms with van der Waals surface area (Å²) in [5.41, 5.74) is 2.51. The first kappa shape index (κ1) is 13.6. The molecule has 0 bridgehead atoms. The van der Waals surface area contributed by atoms with Crippen molar-refractivity contribution in [2.45, 2.75) is 13.5 Å². The fourth-order valence-corrected chi connectivity index (χ4v) is 2.65. The molecule has 0 N–H and O–H groups in total. The van der Waals surface area contributed by atoms with Crippen molar-refractivity contribution >= 4 is 17.0 Å². The Hall–Kier alpha value is -1.79. The maximum Gasteiger partial charge on any atom is 0.279 e. The van der Waals surface area contributed by atoms with E-state index in [-0.39, 0.29) is 10.6 Å². The number of nitro benzene ring substituents is 1. The highest BCUT2D eigenvalue weighted by Crippen LogP contribution is 2.32. The Morgan fingerprint density at radius 1 is 1.42 bits per heavy atom. The summed E-state index contributed by atoms with van der Waals surface area (Å²) in [7, 11) is 3.93. The second-order valence-electron chi connectivity index (χ2n) is 4.66. The molecule has 0 spiro atoms. The highest BCUT2D eigenvalue weighted by atomic mass is 32.1. The Balaban J connectivity index is 2.41. The zero-order valence-corrected chi connectivity index (χ0v) is 11.9. The van der Waals surface area contributed by atoms with Crippen LogP contribution in [0.4, 0.5) is 5.69 Å². The predicted octanol–water partition coefficient (Wildman–Crippen LogP) is 3.09. The van der Waals surface area contributed by atoms with Crippen LogP contribution in [-0.4, -0.2) is 28.9 Å². The molecule has 0 saturated carbocycles. The van der Waals surface area contributed by atoms with Crippen molar-refractivity contribution in [1.82, 2.24) is 9.88 Å². The maximum absolute atomic E-state index is 11.1. The lowest BCUT2D eigenvalue weighted by molar-refractivity contribution is -0.384. The van der Waals surface area contributed by atoms with E-state index < -0.39 is 0 Å². The van der Waals surface area contributed by atoms with E-state index in [4.69, 9.17) is 0 Å². The van der Waals surface area contributed by atoms with Gasteiger partial charge in [0.2, 0.25) is 0 Å². The number of thiazole rings is 1. The zero-order valence-electron chi connectivity index (χ0n) is 11.1. The molecule has 100 valence electrons. The molecule has 0 aliphatic rings. The number of aromatic nitrogens is 1. The van der Waals surface area contributed by atoms with E-state index in [2.05, 4.69) is 4.98 Å². The Morgan fingerprint density at radius 3 is 2.79 bits per heavy atom. The molecule has 1 heterocycles. The number of nitrogens with zero attached hydrogens (tertiary/aromatic N) is 3. The molecular weight excluding hydrogens is 262 g/mol. The minimum atomic E-state index is -0.352. The summed E-state index contributed by atoms with van der Waals surface area (Å²) in [5.74, 6) is 0. The number of aryl methyl sites for hydroxylation is 1. The van der Waals surface area contributed by atoms with E-state index in [0.717, 1.165) is 17.8 Å². The molecule has 0 aliphatic heterocycles. The smallest absolute Gasteiger partial charge is 0.279 e. The summed E-state index contributed by atoms with van der Waals surface area (Å²) >= 11 is 1.44. The molecule has 2 rings (SSSR count). The third-order valence-corrected chi connectivity index (χ3v) is 3.53. The van der Waals surface area contributed by atoms with Crippen LogP contribution in [0.15, 0.2) is 23.6 Å². The standard InChI is InChI=1S/C13H15N3O2S/c1-9-4-5-11(12(6-9)16(17)18)13-14-10(8-19-13)7-15(2)3/h4-6,8H,7H2,1-3H3. The zero-order chi connectivity index (χ0) is 14.0. The summed E-state index contributed by atoms with van der Waals surface area (Å²) < 4.78 is 0. The third kappa shape index (κ3) is 3.15. The van der Waals surface area contributed by atoms with Gasteiger partial charge in [-0.1, -0.05) is 6.07 Å². The normalized spacial score (nSPS) is 10.9. The lowest BCUT2D eigenvalue weighted by Gasteiger charge is -2.05. The largest absolute Gasteiger partial charge is 0.304 e. The van der Waals surface area contributed by atoms with Crippen LogP contribution in [0.2, 0.25) is 0 Å². The maximum atomic E-state index is 11.1. The molecule has 0 saturated heterocycles. The quantitative estimate of drug-likeness (QED) is 0.636. The summed E-state index contributed by atoms with van der Waals surface area (Å²) in [6, 6.07) is 5.23. The molecule has 0 amide bonds. The van der Waals surface area contributed by atoms with Gasteiger partial charge in [0.15, 0.2) is 0 Å². The van der Waals surface area contributed by atoms with Gasteiger partial charge in [-0.15, -0.1) is 11.3 Å². The predicted molar refractivity (Wildman–Crippen MR) is 76.3 cm³/mol. The van der Waals surface area contributed by atoms with E-state index in [1.54, 1.807) is 12.1 Å². The molecule has 0 radical (unpaired) electrons. The van der Waals surface area contributed by atoms with E-state index >= 15 is 0 Å². The van der Waals surface area contributed by atoms with E-state index in [0.29, 0.717) is 10.6 Å². The van der Waals surface area contributed by atoms with Crippen LogP contribution >= 0.6 is 11.3 Å². The minimum absolute atomic E-state index is 0.116. The van der Waals surface area contributed by atoms with Gasteiger partial charge in [0, 0.05) is 18.0 Å². The van der Waals surface area contributed by atoms with Gasteiger partial charge in [0.1, 0.15) is 5.01 Å². The average molecular weight is 277 g/mol. The molecule has 1 aromatic carbocycles. The van der Waals surface area contributed by atoms with Crippen LogP contribution in [0, 0.1) is 17.0 Å². The molecule has 1 aromatic heterocycles. The van der Waals surface area contributed by atoms with Gasteiger partial charge in [0.05, 0.1) is 16.2 Å².